The summed E-state index contributed by atoms with van der Waals surface area (Å²) in [5.41, 5.74) is 1.05. The molecule has 0 aliphatic carbocycles. The minimum absolute atomic E-state index is 0. The van der Waals surface area contributed by atoms with Gasteiger partial charge in [0, 0.05) is 17.1 Å². The van der Waals surface area contributed by atoms with Gasteiger partial charge in [-0.05, 0) is 24.3 Å². The fourth-order valence-corrected chi connectivity index (χ4v) is 1.04. The molecule has 3 heteroatoms. The quantitative estimate of drug-likeness (QED) is 0.580. The number of H-pyrrole nitrogens is 1. The van der Waals surface area contributed by atoms with Gasteiger partial charge in [-0.1, -0.05) is 0 Å². The molecule has 2 aromatic rings. The van der Waals surface area contributed by atoms with Gasteiger partial charge in [-0.15, -0.1) is 0 Å². The summed E-state index contributed by atoms with van der Waals surface area (Å²) in [5.74, 6) is 0.312. The molecule has 0 saturated heterocycles. The van der Waals surface area contributed by atoms with E-state index in [1.165, 1.54) is 0 Å². The van der Waals surface area contributed by atoms with E-state index in [-0.39, 0.29) is 5.48 Å². The third-order valence-electron chi connectivity index (χ3n) is 1.54. The molecule has 1 aromatic heterocycles. The van der Waals surface area contributed by atoms with Crippen LogP contribution < -0.4 is 0 Å². The molecule has 0 aliphatic heterocycles. The van der Waals surface area contributed by atoms with Crippen LogP contribution in [0.4, 0.5) is 0 Å². The lowest BCUT2D eigenvalue weighted by atomic mass is 10.2. The normalized spacial score (nSPS) is 9.45. The molecule has 0 radical (unpaired) electrons. The molecule has 0 atom stereocenters. The monoisotopic (exact) mass is 151 g/mol. The first kappa shape index (κ1) is 7.63. The molecule has 0 bridgehead atoms. The largest absolute Gasteiger partial charge is 0.508 e. The summed E-state index contributed by atoms with van der Waals surface area (Å²) in [6, 6.07) is 7.17. The zero-order valence-electron chi connectivity index (χ0n) is 5.83. The van der Waals surface area contributed by atoms with E-state index >= 15 is 0 Å². The highest BCUT2D eigenvalue weighted by Gasteiger charge is 1.92. The predicted octanol–water partition coefficient (Wildman–Crippen LogP) is 1.05. The van der Waals surface area contributed by atoms with Crippen molar-refractivity contribution in [2.75, 3.05) is 0 Å². The van der Waals surface area contributed by atoms with E-state index in [0.29, 0.717) is 5.75 Å². The Morgan fingerprint density at radius 1 is 1.18 bits per heavy atom. The highest BCUT2D eigenvalue weighted by atomic mass is 16.3. The van der Waals surface area contributed by atoms with Crippen molar-refractivity contribution >= 4 is 10.9 Å². The Balaban J connectivity index is 0.000000605. The van der Waals surface area contributed by atoms with Gasteiger partial charge in [0.1, 0.15) is 5.75 Å². The molecule has 1 aromatic carbocycles. The van der Waals surface area contributed by atoms with Gasteiger partial charge in [-0.3, -0.25) is 0 Å². The van der Waals surface area contributed by atoms with Crippen molar-refractivity contribution in [2.24, 2.45) is 0 Å². The van der Waals surface area contributed by atoms with Crippen molar-refractivity contribution in [1.29, 1.82) is 0 Å². The fraction of sp³-hybridized carbons (Fsp3) is 0. The summed E-state index contributed by atoms with van der Waals surface area (Å²) in [7, 11) is 0. The van der Waals surface area contributed by atoms with Gasteiger partial charge in [-0.2, -0.15) is 0 Å². The number of aromatic nitrogens is 1. The summed E-state index contributed by atoms with van der Waals surface area (Å²) < 4.78 is 0. The van der Waals surface area contributed by atoms with Gasteiger partial charge in [0.25, 0.3) is 0 Å². The molecular formula is C8H9NO2. The number of aromatic amines is 1. The Labute approximate surface area is 63.6 Å². The van der Waals surface area contributed by atoms with E-state index in [4.69, 9.17) is 5.11 Å². The van der Waals surface area contributed by atoms with Crippen LogP contribution in [0.5, 0.6) is 5.75 Å². The molecule has 11 heavy (non-hydrogen) atoms. The van der Waals surface area contributed by atoms with Crippen molar-refractivity contribution in [2.45, 2.75) is 0 Å². The predicted molar refractivity (Wildman–Crippen MR) is 43.6 cm³/mol. The number of hydrogen-bond acceptors (Lipinski definition) is 1. The standard InChI is InChI=1S/C8H7NO.H2O/c10-7-1-2-8-6(5-7)3-4-9-8;/h1-5,9-10H;1H2. The van der Waals surface area contributed by atoms with Crippen LogP contribution in [0.15, 0.2) is 30.5 Å². The molecule has 0 spiro atoms. The van der Waals surface area contributed by atoms with Crippen LogP contribution in [0.25, 0.3) is 10.9 Å². The molecule has 1 heterocycles. The van der Waals surface area contributed by atoms with E-state index in [1.807, 2.05) is 18.3 Å². The average Bonchev–Trinajstić information content (AvgIpc) is 2.33. The topological polar surface area (TPSA) is 67.5 Å². The molecular weight excluding hydrogens is 142 g/mol. The van der Waals surface area contributed by atoms with Crippen molar-refractivity contribution in [3.8, 4) is 5.75 Å². The molecule has 0 aliphatic rings. The van der Waals surface area contributed by atoms with Gasteiger partial charge in [0.05, 0.1) is 0 Å². The average molecular weight is 151 g/mol. The Morgan fingerprint density at radius 3 is 2.82 bits per heavy atom. The smallest absolute Gasteiger partial charge is 0.116 e. The van der Waals surface area contributed by atoms with Gasteiger partial charge in [0.2, 0.25) is 0 Å². The number of benzene rings is 1. The van der Waals surface area contributed by atoms with E-state index in [9.17, 15) is 0 Å². The highest BCUT2D eigenvalue weighted by molar-refractivity contribution is 5.80. The maximum absolute atomic E-state index is 9.03. The first-order chi connectivity index (χ1) is 4.86. The highest BCUT2D eigenvalue weighted by Crippen LogP contribution is 2.17. The minimum Gasteiger partial charge on any atom is -0.508 e. The van der Waals surface area contributed by atoms with Crippen LogP contribution in [-0.4, -0.2) is 15.6 Å². The second kappa shape index (κ2) is 2.64. The fourth-order valence-electron chi connectivity index (χ4n) is 1.04. The van der Waals surface area contributed by atoms with Crippen LogP contribution in [0.3, 0.4) is 0 Å². The zero-order chi connectivity index (χ0) is 6.97. The number of phenols is 1. The van der Waals surface area contributed by atoms with Crippen molar-refractivity contribution in [3.63, 3.8) is 0 Å². The molecule has 4 N–H and O–H groups in total. The summed E-state index contributed by atoms with van der Waals surface area (Å²) >= 11 is 0. The van der Waals surface area contributed by atoms with Crippen molar-refractivity contribution in [1.82, 2.24) is 4.98 Å². The van der Waals surface area contributed by atoms with E-state index in [0.717, 1.165) is 10.9 Å². The zero-order valence-corrected chi connectivity index (χ0v) is 5.83. The second-order valence-corrected chi connectivity index (χ2v) is 2.25. The van der Waals surface area contributed by atoms with Crippen molar-refractivity contribution < 1.29 is 10.6 Å². The third kappa shape index (κ3) is 1.18. The summed E-state index contributed by atoms with van der Waals surface area (Å²) in [6.45, 7) is 0. The number of hydrogen-bond donors (Lipinski definition) is 2. The Hall–Kier alpha value is -1.48. The van der Waals surface area contributed by atoms with Gasteiger partial charge >= 0.3 is 0 Å². The minimum atomic E-state index is 0. The van der Waals surface area contributed by atoms with Crippen molar-refractivity contribution in [3.05, 3.63) is 30.5 Å². The maximum Gasteiger partial charge on any atom is 0.116 e. The number of rotatable bonds is 0. The lowest BCUT2D eigenvalue weighted by Gasteiger charge is -1.89. The number of fused-ring (bicyclic) bond motifs is 1. The lowest BCUT2D eigenvalue weighted by Crippen LogP contribution is -1.65. The Kier molecular flexibility index (Phi) is 1.83. The lowest BCUT2D eigenvalue weighted by molar-refractivity contribution is 0.476. The van der Waals surface area contributed by atoms with Crippen LogP contribution in [0, 0.1) is 0 Å². The number of aromatic hydroxyl groups is 1. The van der Waals surface area contributed by atoms with E-state index in [1.54, 1.807) is 12.1 Å². The number of phenolic OH excluding ortho intramolecular Hbond substituents is 1. The SMILES string of the molecule is O.Oc1ccc2[nH]ccc2c1. The van der Waals surface area contributed by atoms with Gasteiger partial charge in [-0.25, -0.2) is 0 Å². The first-order valence-corrected chi connectivity index (χ1v) is 3.12. The summed E-state index contributed by atoms with van der Waals surface area (Å²) in [5, 5.41) is 10.1. The summed E-state index contributed by atoms with van der Waals surface area (Å²) in [6.07, 6.45) is 1.85. The van der Waals surface area contributed by atoms with Crippen LogP contribution >= 0.6 is 0 Å². The van der Waals surface area contributed by atoms with E-state index in [2.05, 4.69) is 4.98 Å². The third-order valence-corrected chi connectivity index (χ3v) is 1.54. The summed E-state index contributed by atoms with van der Waals surface area (Å²) in [4.78, 5) is 3.04. The molecule has 0 unspecified atom stereocenters. The molecule has 2 rings (SSSR count). The van der Waals surface area contributed by atoms with Crippen LogP contribution in [-0.2, 0) is 0 Å². The first-order valence-electron chi connectivity index (χ1n) is 3.12. The maximum atomic E-state index is 9.03. The number of nitrogens with one attached hydrogen (secondary N) is 1. The van der Waals surface area contributed by atoms with Gasteiger partial charge < -0.3 is 15.6 Å². The molecule has 0 fully saturated rings. The van der Waals surface area contributed by atoms with Crippen LogP contribution in [0.1, 0.15) is 0 Å². The molecule has 0 saturated carbocycles. The molecule has 58 valence electrons. The van der Waals surface area contributed by atoms with Crippen LogP contribution in [0.2, 0.25) is 0 Å². The molecule has 0 amide bonds. The Bertz CT molecular complexity index is 354. The molecule has 3 nitrogen and oxygen atoms in total. The van der Waals surface area contributed by atoms with Gasteiger partial charge in [0.15, 0.2) is 0 Å². The second-order valence-electron chi connectivity index (χ2n) is 2.25. The Morgan fingerprint density at radius 2 is 2.00 bits per heavy atom. The van der Waals surface area contributed by atoms with E-state index < -0.39 is 0 Å².